The third kappa shape index (κ3) is 4.15. The quantitative estimate of drug-likeness (QED) is 0.750. The van der Waals surface area contributed by atoms with E-state index in [4.69, 9.17) is 40.7 Å². The van der Waals surface area contributed by atoms with E-state index in [1.165, 1.54) is 6.07 Å². The fourth-order valence-electron chi connectivity index (χ4n) is 1.85. The molecule has 0 radical (unpaired) electrons. The molecule has 1 aromatic heterocycles. The molecule has 0 unspecified atom stereocenters. The van der Waals surface area contributed by atoms with Crippen LogP contribution in [-0.2, 0) is 6.18 Å². The minimum Gasteiger partial charge on any atom is -0.355 e. The van der Waals surface area contributed by atoms with E-state index >= 15 is 0 Å². The molecule has 5 nitrogen and oxygen atoms in total. The number of thiocarbonyl (C=S) groups is 1. The molecule has 0 aliphatic rings. The van der Waals surface area contributed by atoms with Crippen molar-refractivity contribution in [2.45, 2.75) is 6.18 Å². The van der Waals surface area contributed by atoms with Crippen molar-refractivity contribution in [3.05, 3.63) is 39.5 Å². The summed E-state index contributed by atoms with van der Waals surface area (Å²) in [5.74, 6) is 0.235. The van der Waals surface area contributed by atoms with Crippen molar-refractivity contribution in [2.75, 3.05) is 19.4 Å². The highest BCUT2D eigenvalue weighted by Crippen LogP contribution is 2.38. The maximum Gasteiger partial charge on any atom is 0.416 e. The second kappa shape index (κ2) is 7.07. The van der Waals surface area contributed by atoms with Gasteiger partial charge in [0.25, 0.3) is 0 Å². The minimum absolute atomic E-state index is 0.00175. The number of nitrogens with one attached hydrogen (secondary N) is 1. The maximum absolute atomic E-state index is 12.9. The van der Waals surface area contributed by atoms with E-state index in [-0.39, 0.29) is 27.2 Å². The van der Waals surface area contributed by atoms with Crippen molar-refractivity contribution >= 4 is 46.4 Å². The minimum atomic E-state index is -4.60. The Bertz CT molecular complexity index is 847. The molecule has 0 atom stereocenters. The highest BCUT2D eigenvalue weighted by molar-refractivity contribution is 7.80. The third-order valence-electron chi connectivity index (χ3n) is 3.02. The molecule has 2 aromatic rings. The van der Waals surface area contributed by atoms with Crippen LogP contribution in [0.3, 0.4) is 0 Å². The van der Waals surface area contributed by atoms with Crippen LogP contribution in [0.2, 0.25) is 10.0 Å². The normalized spacial score (nSPS) is 11.1. The Morgan fingerprint density at radius 2 is 1.84 bits per heavy atom. The topological polar surface area (TPSA) is 56.9 Å². The Morgan fingerprint density at radius 1 is 1.28 bits per heavy atom. The molecule has 0 aliphatic carbocycles. The van der Waals surface area contributed by atoms with Gasteiger partial charge in [0.1, 0.15) is 17.6 Å². The van der Waals surface area contributed by atoms with Gasteiger partial charge in [-0.3, -0.25) is 0 Å². The van der Waals surface area contributed by atoms with Crippen molar-refractivity contribution in [3.8, 4) is 11.8 Å². The van der Waals surface area contributed by atoms with Gasteiger partial charge in [-0.15, -0.1) is 0 Å². The number of rotatable bonds is 2. The van der Waals surface area contributed by atoms with Crippen molar-refractivity contribution in [1.82, 2.24) is 14.7 Å². The van der Waals surface area contributed by atoms with Crippen LogP contribution in [0.25, 0.3) is 5.69 Å². The Kier molecular flexibility index (Phi) is 5.46. The number of benzene rings is 1. The van der Waals surface area contributed by atoms with Gasteiger partial charge in [0.2, 0.25) is 0 Å². The van der Waals surface area contributed by atoms with Crippen LogP contribution in [0.1, 0.15) is 11.3 Å². The fraction of sp³-hybridized carbons (Fsp3) is 0.214. The summed E-state index contributed by atoms with van der Waals surface area (Å²) in [4.78, 5) is 1.59. The predicted octanol–water partition coefficient (Wildman–Crippen LogP) is 4.33. The van der Waals surface area contributed by atoms with Gasteiger partial charge in [-0.2, -0.15) is 23.5 Å². The number of hydrogen-bond acceptors (Lipinski definition) is 3. The zero-order valence-corrected chi connectivity index (χ0v) is 15.1. The Morgan fingerprint density at radius 3 is 2.28 bits per heavy atom. The van der Waals surface area contributed by atoms with E-state index < -0.39 is 11.7 Å². The predicted molar refractivity (Wildman–Crippen MR) is 93.2 cm³/mol. The summed E-state index contributed by atoms with van der Waals surface area (Å²) in [5, 5.41) is 15.6. The molecule has 2 rings (SSSR count). The first-order chi connectivity index (χ1) is 11.5. The molecule has 1 aromatic carbocycles. The summed E-state index contributed by atoms with van der Waals surface area (Å²) in [6.07, 6.45) is -4.60. The molecule has 132 valence electrons. The number of aromatic nitrogens is 2. The first kappa shape index (κ1) is 19.3. The van der Waals surface area contributed by atoms with E-state index in [0.29, 0.717) is 5.11 Å². The third-order valence-corrected chi connectivity index (χ3v) is 4.06. The lowest BCUT2D eigenvalue weighted by molar-refractivity contribution is -0.137. The molecule has 0 saturated heterocycles. The average Bonchev–Trinajstić information content (AvgIpc) is 2.88. The fourth-order valence-corrected chi connectivity index (χ4v) is 2.60. The summed E-state index contributed by atoms with van der Waals surface area (Å²) >= 11 is 17.1. The second-order valence-corrected chi connectivity index (χ2v) is 6.25. The molecular weight excluding hydrogens is 398 g/mol. The molecule has 0 spiro atoms. The molecule has 0 bridgehead atoms. The van der Waals surface area contributed by atoms with Gasteiger partial charge in [0.15, 0.2) is 10.8 Å². The molecule has 25 heavy (non-hydrogen) atoms. The number of nitriles is 1. The standard InChI is InChI=1S/C14H10Cl2F3N5S/c1-23(2)13(25)21-11-5-8(6-20)22-24(11)12-9(15)3-7(4-10(12)16)14(17,18)19/h3-5H,1-2H3,(H,21,25). The Balaban J connectivity index is 2.61. The first-order valence-electron chi connectivity index (χ1n) is 6.59. The number of hydrogen-bond donors (Lipinski definition) is 1. The zero-order valence-electron chi connectivity index (χ0n) is 12.8. The summed E-state index contributed by atoms with van der Waals surface area (Å²) in [7, 11) is 3.39. The van der Waals surface area contributed by atoms with Gasteiger partial charge in [0.05, 0.1) is 15.6 Å². The molecule has 0 aliphatic heterocycles. The van der Waals surface area contributed by atoms with Crippen molar-refractivity contribution in [1.29, 1.82) is 5.26 Å². The molecule has 1 heterocycles. The highest BCUT2D eigenvalue weighted by Gasteiger charge is 2.32. The molecule has 1 N–H and O–H groups in total. The van der Waals surface area contributed by atoms with Crippen LogP contribution in [0.15, 0.2) is 18.2 Å². The van der Waals surface area contributed by atoms with E-state index in [0.717, 1.165) is 16.8 Å². The van der Waals surface area contributed by atoms with Crippen LogP contribution >= 0.6 is 35.4 Å². The van der Waals surface area contributed by atoms with Crippen LogP contribution in [0.5, 0.6) is 0 Å². The van der Waals surface area contributed by atoms with Gasteiger partial charge in [0, 0.05) is 20.2 Å². The first-order valence-corrected chi connectivity index (χ1v) is 7.76. The number of nitrogens with zero attached hydrogens (tertiary/aromatic N) is 4. The lowest BCUT2D eigenvalue weighted by Gasteiger charge is -2.18. The van der Waals surface area contributed by atoms with Crippen LogP contribution in [0, 0.1) is 11.3 Å². The van der Waals surface area contributed by atoms with Gasteiger partial charge < -0.3 is 10.2 Å². The van der Waals surface area contributed by atoms with Crippen LogP contribution < -0.4 is 5.32 Å². The van der Waals surface area contributed by atoms with E-state index in [1.54, 1.807) is 19.0 Å². The average molecular weight is 408 g/mol. The van der Waals surface area contributed by atoms with Gasteiger partial charge in [-0.1, -0.05) is 23.2 Å². The molecule has 0 saturated carbocycles. The molecule has 0 amide bonds. The maximum atomic E-state index is 12.9. The Labute approximate surface area is 156 Å². The van der Waals surface area contributed by atoms with Crippen LogP contribution in [0.4, 0.5) is 19.0 Å². The van der Waals surface area contributed by atoms with Gasteiger partial charge in [-0.25, -0.2) is 4.68 Å². The van der Waals surface area contributed by atoms with Gasteiger partial charge >= 0.3 is 6.18 Å². The van der Waals surface area contributed by atoms with Crippen molar-refractivity contribution in [2.24, 2.45) is 0 Å². The number of anilines is 1. The summed E-state index contributed by atoms with van der Waals surface area (Å²) in [6, 6.07) is 4.70. The van der Waals surface area contributed by atoms with Gasteiger partial charge in [-0.05, 0) is 24.4 Å². The summed E-state index contributed by atoms with van der Waals surface area (Å²) in [5.41, 5.74) is -0.977. The Hall–Kier alpha value is -2.02. The lowest BCUT2D eigenvalue weighted by atomic mass is 10.2. The smallest absolute Gasteiger partial charge is 0.355 e. The number of alkyl halides is 3. The largest absolute Gasteiger partial charge is 0.416 e. The zero-order chi connectivity index (χ0) is 18.9. The highest BCUT2D eigenvalue weighted by atomic mass is 35.5. The van der Waals surface area contributed by atoms with E-state index in [1.807, 2.05) is 6.07 Å². The van der Waals surface area contributed by atoms with E-state index in [2.05, 4.69) is 10.4 Å². The van der Waals surface area contributed by atoms with Crippen molar-refractivity contribution in [3.63, 3.8) is 0 Å². The summed E-state index contributed by atoms with van der Waals surface area (Å²) < 4.78 is 39.7. The molecule has 11 heteroatoms. The monoisotopic (exact) mass is 407 g/mol. The number of halogens is 5. The molecular formula is C14H10Cl2F3N5S. The summed E-state index contributed by atoms with van der Waals surface area (Å²) in [6.45, 7) is 0. The second-order valence-electron chi connectivity index (χ2n) is 5.05. The van der Waals surface area contributed by atoms with E-state index in [9.17, 15) is 13.2 Å². The molecule has 0 fully saturated rings. The van der Waals surface area contributed by atoms with Crippen LogP contribution in [-0.4, -0.2) is 33.9 Å². The van der Waals surface area contributed by atoms with Crippen molar-refractivity contribution < 1.29 is 13.2 Å². The SMILES string of the molecule is CN(C)C(=S)Nc1cc(C#N)nn1-c1c(Cl)cc(C(F)(F)F)cc1Cl. The lowest BCUT2D eigenvalue weighted by Crippen LogP contribution is -2.28.